The first-order valence-corrected chi connectivity index (χ1v) is 8.16. The highest BCUT2D eigenvalue weighted by atomic mass is 16.5. The molecule has 0 heterocycles. The number of fused-ring (bicyclic) bond motifs is 1. The highest BCUT2D eigenvalue weighted by Crippen LogP contribution is 2.34. The molecule has 122 valence electrons. The van der Waals surface area contributed by atoms with Crippen molar-refractivity contribution >= 4 is 5.91 Å². The van der Waals surface area contributed by atoms with Crippen LogP contribution < -0.4 is 5.32 Å². The fourth-order valence-corrected chi connectivity index (χ4v) is 2.90. The molecule has 0 aromatic heterocycles. The first-order valence-electron chi connectivity index (χ1n) is 8.16. The molecule has 4 nitrogen and oxygen atoms in total. The second kappa shape index (κ2) is 7.75. The summed E-state index contributed by atoms with van der Waals surface area (Å²) in [6.45, 7) is 5.53. The third-order valence-corrected chi connectivity index (χ3v) is 4.06. The van der Waals surface area contributed by atoms with Crippen molar-refractivity contribution in [3.05, 3.63) is 35.4 Å². The minimum atomic E-state index is -0.941. The first kappa shape index (κ1) is 17.0. The van der Waals surface area contributed by atoms with Crippen molar-refractivity contribution in [2.24, 2.45) is 5.92 Å². The van der Waals surface area contributed by atoms with Crippen molar-refractivity contribution in [3.8, 4) is 0 Å². The molecule has 0 saturated carbocycles. The van der Waals surface area contributed by atoms with E-state index in [0.29, 0.717) is 32.0 Å². The van der Waals surface area contributed by atoms with Gasteiger partial charge in [-0.25, -0.2) is 0 Å². The van der Waals surface area contributed by atoms with Gasteiger partial charge < -0.3 is 15.2 Å². The Morgan fingerprint density at radius 1 is 1.41 bits per heavy atom. The third kappa shape index (κ3) is 4.55. The van der Waals surface area contributed by atoms with Gasteiger partial charge in [0.2, 0.25) is 5.91 Å². The van der Waals surface area contributed by atoms with E-state index < -0.39 is 5.60 Å². The number of hydrogen-bond donors (Lipinski definition) is 2. The molecule has 1 aromatic carbocycles. The van der Waals surface area contributed by atoms with Crippen molar-refractivity contribution in [1.82, 2.24) is 5.32 Å². The van der Waals surface area contributed by atoms with Gasteiger partial charge in [-0.1, -0.05) is 38.1 Å². The van der Waals surface area contributed by atoms with Gasteiger partial charge in [0.25, 0.3) is 0 Å². The summed E-state index contributed by atoms with van der Waals surface area (Å²) in [6.07, 6.45) is 2.97. The first-order chi connectivity index (χ1) is 10.5. The Labute approximate surface area is 132 Å². The summed E-state index contributed by atoms with van der Waals surface area (Å²) in [5.74, 6) is 0.405. The van der Waals surface area contributed by atoms with E-state index in [-0.39, 0.29) is 12.5 Å². The molecular weight excluding hydrogens is 278 g/mol. The lowest BCUT2D eigenvalue weighted by Crippen LogP contribution is -2.43. The molecule has 4 heteroatoms. The van der Waals surface area contributed by atoms with Crippen LogP contribution in [0.5, 0.6) is 0 Å². The predicted molar refractivity (Wildman–Crippen MR) is 86.6 cm³/mol. The molecule has 2 rings (SSSR count). The van der Waals surface area contributed by atoms with Crippen molar-refractivity contribution in [2.45, 2.75) is 45.1 Å². The van der Waals surface area contributed by atoms with Crippen LogP contribution in [0.25, 0.3) is 0 Å². The molecule has 0 spiro atoms. The molecule has 2 N–H and O–H groups in total. The summed E-state index contributed by atoms with van der Waals surface area (Å²) < 4.78 is 5.42. The summed E-state index contributed by atoms with van der Waals surface area (Å²) in [4.78, 5) is 11.9. The maximum absolute atomic E-state index is 11.9. The predicted octanol–water partition coefficient (Wildman–Crippen LogP) is 2.39. The van der Waals surface area contributed by atoms with Crippen molar-refractivity contribution in [3.63, 3.8) is 0 Å². The van der Waals surface area contributed by atoms with Gasteiger partial charge in [-0.3, -0.25) is 4.79 Å². The number of nitrogens with one attached hydrogen (secondary N) is 1. The monoisotopic (exact) mass is 305 g/mol. The van der Waals surface area contributed by atoms with Gasteiger partial charge in [0.15, 0.2) is 0 Å². The maximum Gasteiger partial charge on any atom is 0.222 e. The molecule has 1 amide bonds. The van der Waals surface area contributed by atoms with Crippen LogP contribution in [0.4, 0.5) is 0 Å². The molecule has 1 aliphatic carbocycles. The van der Waals surface area contributed by atoms with Crippen molar-refractivity contribution in [1.29, 1.82) is 0 Å². The summed E-state index contributed by atoms with van der Waals surface area (Å²) >= 11 is 0. The van der Waals surface area contributed by atoms with Crippen LogP contribution in [-0.4, -0.2) is 30.8 Å². The Hall–Kier alpha value is -1.39. The number of carbonyl (C=O) groups excluding carboxylic acids is 1. The highest BCUT2D eigenvalue weighted by molar-refractivity contribution is 5.76. The highest BCUT2D eigenvalue weighted by Gasteiger charge is 2.34. The van der Waals surface area contributed by atoms with E-state index in [0.717, 1.165) is 18.4 Å². The number of benzene rings is 1. The number of rotatable bonds is 7. The van der Waals surface area contributed by atoms with Gasteiger partial charge >= 0.3 is 0 Å². The number of aliphatic hydroxyl groups is 1. The van der Waals surface area contributed by atoms with Crippen LogP contribution >= 0.6 is 0 Å². The molecule has 22 heavy (non-hydrogen) atoms. The summed E-state index contributed by atoms with van der Waals surface area (Å²) in [6, 6.07) is 7.96. The molecule has 1 unspecified atom stereocenters. The van der Waals surface area contributed by atoms with Crippen LogP contribution in [0.2, 0.25) is 0 Å². The Morgan fingerprint density at radius 2 is 2.18 bits per heavy atom. The van der Waals surface area contributed by atoms with E-state index in [1.54, 1.807) is 0 Å². The smallest absolute Gasteiger partial charge is 0.222 e. The Bertz CT molecular complexity index is 501. The molecule has 0 aliphatic heterocycles. The summed E-state index contributed by atoms with van der Waals surface area (Å²) in [5, 5.41) is 13.7. The molecule has 0 bridgehead atoms. The number of aryl methyl sites for hydroxylation is 1. The van der Waals surface area contributed by atoms with Crippen LogP contribution in [0.15, 0.2) is 24.3 Å². The van der Waals surface area contributed by atoms with Crippen LogP contribution in [0.1, 0.15) is 44.2 Å². The zero-order chi connectivity index (χ0) is 16.0. The lowest BCUT2D eigenvalue weighted by molar-refractivity contribution is -0.123. The lowest BCUT2D eigenvalue weighted by Gasteiger charge is -2.34. The van der Waals surface area contributed by atoms with Crippen LogP contribution in [0, 0.1) is 5.92 Å². The second-order valence-corrected chi connectivity index (χ2v) is 6.54. The van der Waals surface area contributed by atoms with Crippen LogP contribution in [-0.2, 0) is 21.6 Å². The standard InChI is InChI=1S/C18H27NO3/c1-14(2)12-22-11-9-17(20)19-13-18(21)10-5-7-15-6-3-4-8-16(15)18/h3-4,6,8,14,21H,5,7,9-13H2,1-2H3,(H,19,20). The third-order valence-electron chi connectivity index (χ3n) is 4.06. The van der Waals surface area contributed by atoms with Gasteiger partial charge in [-0.2, -0.15) is 0 Å². The van der Waals surface area contributed by atoms with Gasteiger partial charge in [-0.05, 0) is 36.3 Å². The zero-order valence-electron chi connectivity index (χ0n) is 13.6. The number of hydrogen-bond acceptors (Lipinski definition) is 3. The van der Waals surface area contributed by atoms with E-state index in [1.807, 2.05) is 18.2 Å². The van der Waals surface area contributed by atoms with E-state index in [4.69, 9.17) is 4.74 Å². The van der Waals surface area contributed by atoms with E-state index in [9.17, 15) is 9.90 Å². The topological polar surface area (TPSA) is 58.6 Å². The number of ether oxygens (including phenoxy) is 1. The van der Waals surface area contributed by atoms with Gasteiger partial charge in [-0.15, -0.1) is 0 Å². The van der Waals surface area contributed by atoms with Crippen molar-refractivity contribution < 1.29 is 14.6 Å². The van der Waals surface area contributed by atoms with Crippen LogP contribution in [0.3, 0.4) is 0 Å². The van der Waals surface area contributed by atoms with E-state index in [1.165, 1.54) is 5.56 Å². The average molecular weight is 305 g/mol. The van der Waals surface area contributed by atoms with E-state index >= 15 is 0 Å². The fraction of sp³-hybridized carbons (Fsp3) is 0.611. The van der Waals surface area contributed by atoms with Gasteiger partial charge in [0, 0.05) is 13.0 Å². The Kier molecular flexibility index (Phi) is 5.98. The molecule has 0 fully saturated rings. The summed E-state index contributed by atoms with van der Waals surface area (Å²) in [5.41, 5.74) is 1.20. The zero-order valence-corrected chi connectivity index (χ0v) is 13.6. The molecule has 0 saturated heterocycles. The van der Waals surface area contributed by atoms with Gasteiger partial charge in [0.05, 0.1) is 13.2 Å². The van der Waals surface area contributed by atoms with Gasteiger partial charge in [0.1, 0.15) is 5.60 Å². The normalized spacial score (nSPS) is 20.7. The SMILES string of the molecule is CC(C)COCCC(=O)NCC1(O)CCCc2ccccc21. The maximum atomic E-state index is 11.9. The summed E-state index contributed by atoms with van der Waals surface area (Å²) in [7, 11) is 0. The Morgan fingerprint density at radius 3 is 2.95 bits per heavy atom. The largest absolute Gasteiger partial charge is 0.383 e. The number of carbonyl (C=O) groups is 1. The van der Waals surface area contributed by atoms with E-state index in [2.05, 4.69) is 25.2 Å². The molecule has 1 aromatic rings. The van der Waals surface area contributed by atoms with Crippen molar-refractivity contribution in [2.75, 3.05) is 19.8 Å². The molecule has 0 radical (unpaired) electrons. The average Bonchev–Trinajstić information content (AvgIpc) is 2.50. The number of amides is 1. The Balaban J connectivity index is 1.82. The molecule has 1 atom stereocenters. The second-order valence-electron chi connectivity index (χ2n) is 6.54. The minimum absolute atomic E-state index is 0.0692. The minimum Gasteiger partial charge on any atom is -0.383 e. The fourth-order valence-electron chi connectivity index (χ4n) is 2.90. The molecular formula is C18H27NO3. The quantitative estimate of drug-likeness (QED) is 0.761. The lowest BCUT2D eigenvalue weighted by atomic mass is 9.79. The molecule has 1 aliphatic rings.